The lowest BCUT2D eigenvalue weighted by Crippen LogP contribution is -2.52. The summed E-state index contributed by atoms with van der Waals surface area (Å²) in [6.45, 7) is 1.84. The van der Waals surface area contributed by atoms with Crippen molar-refractivity contribution in [1.82, 2.24) is 20.2 Å². The molecule has 2 fully saturated rings. The van der Waals surface area contributed by atoms with Crippen molar-refractivity contribution in [1.29, 1.82) is 0 Å². The molecule has 0 aliphatic carbocycles. The predicted octanol–water partition coefficient (Wildman–Crippen LogP) is 2.67. The van der Waals surface area contributed by atoms with Crippen molar-refractivity contribution < 1.29 is 9.59 Å². The molecule has 1 aromatic carbocycles. The summed E-state index contributed by atoms with van der Waals surface area (Å²) in [5, 5.41) is 3.09. The van der Waals surface area contributed by atoms with E-state index in [0.717, 1.165) is 37.8 Å². The SMILES string of the molecule is Cc1cnc(C(=O)NC2CC3CCC(C2)N3C(=O)CCc2ccccc2)cn1. The van der Waals surface area contributed by atoms with Crippen LogP contribution in [0, 0.1) is 6.92 Å². The van der Waals surface area contributed by atoms with Crippen molar-refractivity contribution in [2.24, 2.45) is 0 Å². The average molecular weight is 378 g/mol. The number of carbonyl (C=O) groups is 2. The Morgan fingerprint density at radius 1 is 1.07 bits per heavy atom. The quantitative estimate of drug-likeness (QED) is 0.868. The van der Waals surface area contributed by atoms with Crippen LogP contribution in [0.1, 0.15) is 53.8 Å². The minimum atomic E-state index is -0.180. The molecule has 2 atom stereocenters. The van der Waals surface area contributed by atoms with E-state index in [1.54, 1.807) is 6.20 Å². The number of amides is 2. The Morgan fingerprint density at radius 3 is 2.43 bits per heavy atom. The monoisotopic (exact) mass is 378 g/mol. The zero-order valence-corrected chi connectivity index (χ0v) is 16.2. The van der Waals surface area contributed by atoms with Crippen LogP contribution in [0.5, 0.6) is 0 Å². The zero-order chi connectivity index (χ0) is 19.5. The molecule has 4 rings (SSSR count). The summed E-state index contributed by atoms with van der Waals surface area (Å²) in [5.74, 6) is 0.0614. The summed E-state index contributed by atoms with van der Waals surface area (Å²) >= 11 is 0. The lowest BCUT2D eigenvalue weighted by Gasteiger charge is -2.39. The van der Waals surface area contributed by atoms with Gasteiger partial charge >= 0.3 is 0 Å². The number of hydrogen-bond donors (Lipinski definition) is 1. The molecule has 2 bridgehead atoms. The van der Waals surface area contributed by atoms with Gasteiger partial charge in [-0.15, -0.1) is 0 Å². The van der Waals surface area contributed by atoms with Crippen molar-refractivity contribution in [2.75, 3.05) is 0 Å². The highest BCUT2D eigenvalue weighted by Gasteiger charge is 2.43. The summed E-state index contributed by atoms with van der Waals surface area (Å²) in [4.78, 5) is 35.7. The van der Waals surface area contributed by atoms with Gasteiger partial charge in [-0.2, -0.15) is 0 Å². The Kier molecular flexibility index (Phi) is 5.37. The fourth-order valence-corrected chi connectivity index (χ4v) is 4.50. The van der Waals surface area contributed by atoms with Gasteiger partial charge in [0, 0.05) is 30.7 Å². The maximum atomic E-state index is 12.8. The Hall–Kier alpha value is -2.76. The first-order valence-corrected chi connectivity index (χ1v) is 10.0. The molecule has 2 unspecified atom stereocenters. The number of hydrogen-bond acceptors (Lipinski definition) is 4. The number of carbonyl (C=O) groups excluding carboxylic acids is 2. The number of benzene rings is 1. The molecule has 3 heterocycles. The fourth-order valence-electron chi connectivity index (χ4n) is 4.50. The molecule has 2 saturated heterocycles. The number of rotatable bonds is 5. The van der Waals surface area contributed by atoms with Crippen molar-refractivity contribution >= 4 is 11.8 Å². The molecule has 1 N–H and O–H groups in total. The first-order chi connectivity index (χ1) is 13.6. The first kappa shape index (κ1) is 18.6. The highest BCUT2D eigenvalue weighted by atomic mass is 16.2. The van der Waals surface area contributed by atoms with Crippen LogP contribution in [0.4, 0.5) is 0 Å². The molecule has 28 heavy (non-hydrogen) atoms. The second kappa shape index (κ2) is 8.09. The largest absolute Gasteiger partial charge is 0.348 e. The van der Waals surface area contributed by atoms with E-state index in [9.17, 15) is 9.59 Å². The lowest BCUT2D eigenvalue weighted by molar-refractivity contribution is -0.135. The molecule has 0 radical (unpaired) electrons. The summed E-state index contributed by atoms with van der Waals surface area (Å²) in [7, 11) is 0. The van der Waals surface area contributed by atoms with Gasteiger partial charge in [0.1, 0.15) is 5.69 Å². The molecule has 146 valence electrons. The van der Waals surface area contributed by atoms with Crippen molar-refractivity contribution in [3.05, 3.63) is 59.7 Å². The second-order valence-electron chi connectivity index (χ2n) is 7.86. The smallest absolute Gasteiger partial charge is 0.271 e. The molecule has 0 saturated carbocycles. The van der Waals surface area contributed by atoms with Gasteiger partial charge in [0.15, 0.2) is 0 Å². The van der Waals surface area contributed by atoms with E-state index < -0.39 is 0 Å². The van der Waals surface area contributed by atoms with Crippen LogP contribution in [-0.4, -0.2) is 44.8 Å². The van der Waals surface area contributed by atoms with Crippen LogP contribution in [-0.2, 0) is 11.2 Å². The number of fused-ring (bicyclic) bond motifs is 2. The Balaban J connectivity index is 1.33. The first-order valence-electron chi connectivity index (χ1n) is 10.0. The Bertz CT molecular complexity index is 823. The molecule has 2 aliphatic heterocycles. The molecule has 0 spiro atoms. The predicted molar refractivity (Wildman–Crippen MR) is 106 cm³/mol. The van der Waals surface area contributed by atoms with Crippen LogP contribution >= 0.6 is 0 Å². The number of nitrogens with one attached hydrogen (secondary N) is 1. The van der Waals surface area contributed by atoms with Crippen LogP contribution in [0.25, 0.3) is 0 Å². The summed E-state index contributed by atoms with van der Waals surface area (Å²) in [6, 6.07) is 10.7. The normalized spacial score (nSPS) is 23.5. The van der Waals surface area contributed by atoms with Crippen LogP contribution in [0.3, 0.4) is 0 Å². The van der Waals surface area contributed by atoms with Gasteiger partial charge in [-0.3, -0.25) is 14.6 Å². The van der Waals surface area contributed by atoms with E-state index in [4.69, 9.17) is 0 Å². The van der Waals surface area contributed by atoms with E-state index in [2.05, 4.69) is 32.3 Å². The van der Waals surface area contributed by atoms with Gasteiger partial charge in [-0.1, -0.05) is 30.3 Å². The average Bonchev–Trinajstić information content (AvgIpc) is 2.98. The third-order valence-corrected chi connectivity index (χ3v) is 5.84. The third-order valence-electron chi connectivity index (χ3n) is 5.84. The topological polar surface area (TPSA) is 75.2 Å². The maximum absolute atomic E-state index is 12.8. The molecule has 6 heteroatoms. The van der Waals surface area contributed by atoms with E-state index in [1.165, 1.54) is 11.8 Å². The van der Waals surface area contributed by atoms with E-state index in [-0.39, 0.29) is 29.9 Å². The molecule has 1 aromatic heterocycles. The summed E-state index contributed by atoms with van der Waals surface area (Å²) in [5.41, 5.74) is 2.33. The lowest BCUT2D eigenvalue weighted by atomic mass is 9.96. The zero-order valence-electron chi connectivity index (χ0n) is 16.2. The summed E-state index contributed by atoms with van der Waals surface area (Å²) < 4.78 is 0. The van der Waals surface area contributed by atoms with Gasteiger partial charge in [0.05, 0.1) is 11.9 Å². The van der Waals surface area contributed by atoms with Gasteiger partial charge in [-0.25, -0.2) is 4.98 Å². The van der Waals surface area contributed by atoms with Crippen molar-refractivity contribution in [3.8, 4) is 0 Å². The third kappa shape index (κ3) is 4.06. The maximum Gasteiger partial charge on any atom is 0.271 e. The van der Waals surface area contributed by atoms with Gasteiger partial charge in [-0.05, 0) is 44.6 Å². The highest BCUT2D eigenvalue weighted by molar-refractivity contribution is 5.92. The molecule has 6 nitrogen and oxygen atoms in total. The molecular formula is C22H26N4O2. The van der Waals surface area contributed by atoms with E-state index >= 15 is 0 Å². The Morgan fingerprint density at radius 2 is 1.79 bits per heavy atom. The van der Waals surface area contributed by atoms with E-state index in [0.29, 0.717) is 12.1 Å². The minimum absolute atomic E-state index is 0.0891. The fraction of sp³-hybridized carbons (Fsp3) is 0.455. The minimum Gasteiger partial charge on any atom is -0.348 e. The number of aromatic nitrogens is 2. The summed E-state index contributed by atoms with van der Waals surface area (Å²) in [6.07, 6.45) is 8.14. The van der Waals surface area contributed by atoms with Gasteiger partial charge < -0.3 is 10.2 Å². The van der Waals surface area contributed by atoms with Crippen LogP contribution in [0.2, 0.25) is 0 Å². The number of aryl methyl sites for hydroxylation is 2. The standard InChI is InChI=1S/C22H26N4O2/c1-15-13-24-20(14-23-15)22(28)25-17-11-18-8-9-19(12-17)26(18)21(27)10-7-16-5-3-2-4-6-16/h2-6,13-14,17-19H,7-12H2,1H3,(H,25,28). The number of piperidine rings is 1. The molecular weight excluding hydrogens is 352 g/mol. The molecule has 2 aliphatic rings. The Labute approximate surface area is 165 Å². The van der Waals surface area contributed by atoms with E-state index in [1.807, 2.05) is 25.1 Å². The second-order valence-corrected chi connectivity index (χ2v) is 7.86. The van der Waals surface area contributed by atoms with Crippen LogP contribution < -0.4 is 5.32 Å². The number of nitrogens with zero attached hydrogens (tertiary/aromatic N) is 3. The molecule has 2 aromatic rings. The van der Waals surface area contributed by atoms with Crippen LogP contribution in [0.15, 0.2) is 42.7 Å². The molecule has 2 amide bonds. The van der Waals surface area contributed by atoms with Gasteiger partial charge in [0.25, 0.3) is 5.91 Å². The van der Waals surface area contributed by atoms with Gasteiger partial charge in [0.2, 0.25) is 5.91 Å². The highest BCUT2D eigenvalue weighted by Crippen LogP contribution is 2.36. The van der Waals surface area contributed by atoms with Crippen molar-refractivity contribution in [3.63, 3.8) is 0 Å². The van der Waals surface area contributed by atoms with Crippen molar-refractivity contribution in [2.45, 2.75) is 63.6 Å².